The average Bonchev–Trinajstić information content (AvgIpc) is 2.95. The molecule has 0 saturated carbocycles. The van der Waals surface area contributed by atoms with Gasteiger partial charge in [-0.1, -0.05) is 19.1 Å². The second-order valence-corrected chi connectivity index (χ2v) is 4.98. The van der Waals surface area contributed by atoms with Crippen molar-refractivity contribution in [3.05, 3.63) is 58.5 Å². The van der Waals surface area contributed by atoms with Crippen molar-refractivity contribution in [3.8, 4) is 0 Å². The Balaban J connectivity index is 1.93. The van der Waals surface area contributed by atoms with Crippen LogP contribution in [0.2, 0.25) is 0 Å². The number of hydrogen-bond acceptors (Lipinski definition) is 3. The summed E-state index contributed by atoms with van der Waals surface area (Å²) in [6.45, 7) is 2.67. The minimum Gasteiger partial charge on any atom is -0.463 e. The van der Waals surface area contributed by atoms with Gasteiger partial charge < -0.3 is 14.8 Å². The van der Waals surface area contributed by atoms with E-state index in [1.54, 1.807) is 12.1 Å². The maximum atomic E-state index is 11.8. The predicted octanol–water partition coefficient (Wildman–Crippen LogP) is 2.21. The van der Waals surface area contributed by atoms with E-state index in [4.69, 9.17) is 4.42 Å². The molecular weight excluding hydrogens is 254 g/mol. The third-order valence-electron chi connectivity index (χ3n) is 3.67. The largest absolute Gasteiger partial charge is 0.463 e. The van der Waals surface area contributed by atoms with Gasteiger partial charge in [-0.3, -0.25) is 4.79 Å². The van der Waals surface area contributed by atoms with E-state index in [1.807, 2.05) is 25.1 Å². The molecule has 1 aliphatic rings. The fourth-order valence-corrected chi connectivity index (χ4v) is 2.50. The number of furan rings is 1. The van der Waals surface area contributed by atoms with Crippen molar-refractivity contribution in [1.82, 2.24) is 5.32 Å². The Bertz CT molecular complexity index is 645. The first-order valence-electron chi connectivity index (χ1n) is 6.86. The monoisotopic (exact) mass is 271 g/mol. The molecule has 0 saturated heterocycles. The number of rotatable bonds is 3. The number of carbonyl (C=O) groups is 1. The van der Waals surface area contributed by atoms with Crippen molar-refractivity contribution in [2.24, 2.45) is 0 Å². The fourth-order valence-electron chi connectivity index (χ4n) is 2.50. The number of aliphatic hydroxyl groups excluding tert-OH is 1. The van der Waals surface area contributed by atoms with Gasteiger partial charge in [0.2, 0.25) is 0 Å². The highest BCUT2D eigenvalue weighted by Crippen LogP contribution is 2.26. The Kier molecular flexibility index (Phi) is 3.32. The number of hydrogen-bond donors (Lipinski definition) is 2. The molecule has 4 nitrogen and oxygen atoms in total. The van der Waals surface area contributed by atoms with Crippen LogP contribution >= 0.6 is 0 Å². The first-order chi connectivity index (χ1) is 9.69. The minimum atomic E-state index is -0.838. The van der Waals surface area contributed by atoms with E-state index in [1.165, 1.54) is 0 Å². The molecule has 2 N–H and O–H groups in total. The van der Waals surface area contributed by atoms with Gasteiger partial charge in [-0.05, 0) is 35.7 Å². The van der Waals surface area contributed by atoms with Crippen LogP contribution in [0.15, 0.2) is 34.7 Å². The summed E-state index contributed by atoms with van der Waals surface area (Å²) in [5.41, 5.74) is 2.35. The summed E-state index contributed by atoms with van der Waals surface area (Å²) in [4.78, 5) is 11.8. The SMILES string of the molecule is CCc1ccc(C(O)c2ccc3c(c2)C(=O)NCC3)o1. The number of fused-ring (bicyclic) bond motifs is 1. The maximum Gasteiger partial charge on any atom is 0.251 e. The molecule has 2 heterocycles. The lowest BCUT2D eigenvalue weighted by atomic mass is 9.95. The van der Waals surface area contributed by atoms with Gasteiger partial charge in [0.05, 0.1) is 0 Å². The molecule has 0 radical (unpaired) electrons. The van der Waals surface area contributed by atoms with Crippen LogP contribution in [0.3, 0.4) is 0 Å². The quantitative estimate of drug-likeness (QED) is 0.899. The van der Waals surface area contributed by atoms with Crippen LogP contribution in [0, 0.1) is 0 Å². The number of carbonyl (C=O) groups excluding carboxylic acids is 1. The van der Waals surface area contributed by atoms with E-state index in [2.05, 4.69) is 5.32 Å². The molecule has 104 valence electrons. The van der Waals surface area contributed by atoms with Gasteiger partial charge in [-0.25, -0.2) is 0 Å². The maximum absolute atomic E-state index is 11.8. The summed E-state index contributed by atoms with van der Waals surface area (Å²) in [5.74, 6) is 1.28. The van der Waals surface area contributed by atoms with E-state index in [-0.39, 0.29) is 5.91 Å². The van der Waals surface area contributed by atoms with E-state index < -0.39 is 6.10 Å². The van der Waals surface area contributed by atoms with Gasteiger partial charge in [0.25, 0.3) is 5.91 Å². The summed E-state index contributed by atoms with van der Waals surface area (Å²) in [6, 6.07) is 9.17. The molecule has 0 fully saturated rings. The Hall–Kier alpha value is -2.07. The second-order valence-electron chi connectivity index (χ2n) is 4.98. The lowest BCUT2D eigenvalue weighted by molar-refractivity contribution is 0.0945. The van der Waals surface area contributed by atoms with Crippen molar-refractivity contribution >= 4 is 5.91 Å². The van der Waals surface area contributed by atoms with Gasteiger partial charge in [0.1, 0.15) is 17.6 Å². The summed E-state index contributed by atoms with van der Waals surface area (Å²) in [5, 5.41) is 13.2. The zero-order valence-corrected chi connectivity index (χ0v) is 11.3. The molecule has 1 aromatic heterocycles. The number of aryl methyl sites for hydroxylation is 1. The van der Waals surface area contributed by atoms with Crippen molar-refractivity contribution in [2.75, 3.05) is 6.54 Å². The second kappa shape index (κ2) is 5.13. The smallest absolute Gasteiger partial charge is 0.251 e. The van der Waals surface area contributed by atoms with E-state index in [0.717, 1.165) is 24.2 Å². The van der Waals surface area contributed by atoms with Gasteiger partial charge in [0, 0.05) is 18.5 Å². The van der Waals surface area contributed by atoms with Crippen LogP contribution in [0.25, 0.3) is 0 Å². The van der Waals surface area contributed by atoms with E-state index in [0.29, 0.717) is 23.4 Å². The van der Waals surface area contributed by atoms with Gasteiger partial charge in [0.15, 0.2) is 0 Å². The van der Waals surface area contributed by atoms with Crippen LogP contribution in [0.5, 0.6) is 0 Å². The number of benzene rings is 1. The molecule has 4 heteroatoms. The summed E-state index contributed by atoms with van der Waals surface area (Å²) < 4.78 is 5.57. The normalized spacial score (nSPS) is 15.6. The van der Waals surface area contributed by atoms with Crippen LogP contribution < -0.4 is 5.32 Å². The predicted molar refractivity (Wildman–Crippen MR) is 74.6 cm³/mol. The third-order valence-corrected chi connectivity index (χ3v) is 3.67. The van der Waals surface area contributed by atoms with Crippen LogP contribution in [0.4, 0.5) is 0 Å². The van der Waals surface area contributed by atoms with Crippen molar-refractivity contribution < 1.29 is 14.3 Å². The first kappa shape index (κ1) is 12.9. The molecule has 20 heavy (non-hydrogen) atoms. The molecule has 0 bridgehead atoms. The molecule has 3 rings (SSSR count). The molecular formula is C16H17NO3. The van der Waals surface area contributed by atoms with Gasteiger partial charge >= 0.3 is 0 Å². The molecule has 2 aromatic rings. The van der Waals surface area contributed by atoms with Gasteiger partial charge in [-0.15, -0.1) is 0 Å². The van der Waals surface area contributed by atoms with Crippen LogP contribution in [-0.4, -0.2) is 17.6 Å². The fraction of sp³-hybridized carbons (Fsp3) is 0.312. The Morgan fingerprint density at radius 2 is 2.20 bits per heavy atom. The van der Waals surface area contributed by atoms with E-state index in [9.17, 15) is 9.90 Å². The highest BCUT2D eigenvalue weighted by Gasteiger charge is 2.20. The van der Waals surface area contributed by atoms with Crippen molar-refractivity contribution in [1.29, 1.82) is 0 Å². The number of amides is 1. The first-order valence-corrected chi connectivity index (χ1v) is 6.86. The molecule has 1 amide bonds. The Morgan fingerprint density at radius 3 is 2.95 bits per heavy atom. The lowest BCUT2D eigenvalue weighted by Gasteiger charge is -2.18. The molecule has 1 atom stereocenters. The summed E-state index contributed by atoms with van der Waals surface area (Å²) >= 11 is 0. The summed E-state index contributed by atoms with van der Waals surface area (Å²) in [6.07, 6.45) is 0.785. The highest BCUT2D eigenvalue weighted by atomic mass is 16.4. The molecule has 1 unspecified atom stereocenters. The minimum absolute atomic E-state index is 0.0750. The zero-order chi connectivity index (χ0) is 14.1. The standard InChI is InChI=1S/C16H17NO3/c1-2-12-5-6-14(20-12)15(18)11-4-3-10-7-8-17-16(19)13(10)9-11/h3-6,9,15,18H,2,7-8H2,1H3,(H,17,19). The molecule has 0 aliphatic carbocycles. The molecule has 1 aliphatic heterocycles. The number of nitrogens with one attached hydrogen (secondary N) is 1. The Labute approximate surface area is 117 Å². The Morgan fingerprint density at radius 1 is 1.35 bits per heavy atom. The van der Waals surface area contributed by atoms with Crippen LogP contribution in [0.1, 0.15) is 46.0 Å². The third kappa shape index (κ3) is 2.23. The van der Waals surface area contributed by atoms with Crippen molar-refractivity contribution in [2.45, 2.75) is 25.9 Å². The zero-order valence-electron chi connectivity index (χ0n) is 11.3. The summed E-state index contributed by atoms with van der Waals surface area (Å²) in [7, 11) is 0. The van der Waals surface area contributed by atoms with Crippen LogP contribution in [-0.2, 0) is 12.8 Å². The topological polar surface area (TPSA) is 62.5 Å². The van der Waals surface area contributed by atoms with Gasteiger partial charge in [-0.2, -0.15) is 0 Å². The molecule has 0 spiro atoms. The lowest BCUT2D eigenvalue weighted by Crippen LogP contribution is -2.31. The highest BCUT2D eigenvalue weighted by molar-refractivity contribution is 5.96. The van der Waals surface area contributed by atoms with E-state index >= 15 is 0 Å². The number of aliphatic hydroxyl groups is 1. The van der Waals surface area contributed by atoms with Crippen molar-refractivity contribution in [3.63, 3.8) is 0 Å². The average molecular weight is 271 g/mol. The molecule has 1 aromatic carbocycles.